The molecule has 3 aromatic heterocycles. The van der Waals surface area contributed by atoms with Gasteiger partial charge in [-0.1, -0.05) is 29.8 Å². The molecule has 0 saturated heterocycles. The van der Waals surface area contributed by atoms with Crippen LogP contribution in [0.2, 0.25) is 0 Å². The van der Waals surface area contributed by atoms with Gasteiger partial charge in [0.2, 0.25) is 0 Å². The highest BCUT2D eigenvalue weighted by molar-refractivity contribution is 5.63. The summed E-state index contributed by atoms with van der Waals surface area (Å²) < 4.78 is 1.70. The first-order valence-electron chi connectivity index (χ1n) is 8.83. The summed E-state index contributed by atoms with van der Waals surface area (Å²) in [5, 5.41) is 4.49. The fraction of sp³-hybridized carbons (Fsp3) is 0.200. The van der Waals surface area contributed by atoms with Gasteiger partial charge in [-0.2, -0.15) is 5.10 Å². The summed E-state index contributed by atoms with van der Waals surface area (Å²) in [6, 6.07) is 10.5. The fourth-order valence-corrected chi connectivity index (χ4v) is 3.75. The average molecular weight is 359 g/mol. The third-order valence-corrected chi connectivity index (χ3v) is 5.14. The van der Waals surface area contributed by atoms with E-state index in [4.69, 9.17) is 0 Å². The number of nitrogens with one attached hydrogen (secondary N) is 2. The normalized spacial score (nSPS) is 18.7. The highest BCUT2D eigenvalue weighted by Crippen LogP contribution is 2.55. The van der Waals surface area contributed by atoms with E-state index in [1.165, 1.54) is 17.3 Å². The lowest BCUT2D eigenvalue weighted by molar-refractivity contribution is 0.905. The van der Waals surface area contributed by atoms with Crippen LogP contribution in [0.3, 0.4) is 0 Å². The molecule has 4 aromatic rings. The molecule has 0 unspecified atom stereocenters. The second kappa shape index (κ2) is 5.77. The van der Waals surface area contributed by atoms with Crippen molar-refractivity contribution < 1.29 is 0 Å². The molecule has 1 aliphatic carbocycles. The topological polar surface area (TPSA) is 95.9 Å². The van der Waals surface area contributed by atoms with Crippen molar-refractivity contribution in [2.24, 2.45) is 0 Å². The van der Waals surface area contributed by atoms with Crippen LogP contribution in [0, 0.1) is 6.92 Å². The summed E-state index contributed by atoms with van der Waals surface area (Å²) in [5.74, 6) is 0.773. The maximum atomic E-state index is 12.2. The maximum absolute atomic E-state index is 12.2. The number of fused-ring (bicyclic) bond motifs is 1. The molecule has 1 saturated carbocycles. The van der Waals surface area contributed by atoms with Crippen LogP contribution in [-0.2, 0) is 0 Å². The van der Waals surface area contributed by atoms with E-state index in [0.29, 0.717) is 23.1 Å². The summed E-state index contributed by atoms with van der Waals surface area (Å²) in [5.41, 5.74) is 4.31. The van der Waals surface area contributed by atoms with Gasteiger partial charge in [0.1, 0.15) is 0 Å². The lowest BCUT2D eigenvalue weighted by atomic mass is 10.0. The van der Waals surface area contributed by atoms with Gasteiger partial charge in [-0.25, -0.2) is 14.3 Å². The Labute approximate surface area is 153 Å². The maximum Gasteiger partial charge on any atom is 0.325 e. The molecule has 0 spiro atoms. The van der Waals surface area contributed by atoms with Gasteiger partial charge in [-0.3, -0.25) is 9.78 Å². The molecule has 0 amide bonds. The molecule has 1 aliphatic rings. The van der Waals surface area contributed by atoms with Crippen LogP contribution in [-0.4, -0.2) is 24.6 Å². The summed E-state index contributed by atoms with van der Waals surface area (Å²) >= 11 is 0. The van der Waals surface area contributed by atoms with Crippen molar-refractivity contribution in [1.29, 1.82) is 0 Å². The average Bonchev–Trinajstić information content (AvgIpc) is 3.30. The Morgan fingerprint density at radius 2 is 2.07 bits per heavy atom. The summed E-state index contributed by atoms with van der Waals surface area (Å²) in [6.45, 7) is 2.10. The van der Waals surface area contributed by atoms with Crippen LogP contribution >= 0.6 is 0 Å². The van der Waals surface area contributed by atoms with Crippen molar-refractivity contribution in [3.8, 4) is 11.3 Å². The fourth-order valence-electron chi connectivity index (χ4n) is 3.75. The number of aromatic nitrogens is 5. The number of imidazole rings is 1. The number of H-pyrrole nitrogens is 2. The summed E-state index contributed by atoms with van der Waals surface area (Å²) in [7, 11) is 0. The number of aromatic amines is 2. The van der Waals surface area contributed by atoms with Gasteiger partial charge in [-0.15, -0.1) is 0 Å². The van der Waals surface area contributed by atoms with Crippen molar-refractivity contribution in [3.63, 3.8) is 0 Å². The van der Waals surface area contributed by atoms with Crippen LogP contribution in [0.25, 0.3) is 16.9 Å². The zero-order valence-corrected chi connectivity index (χ0v) is 14.6. The monoisotopic (exact) mass is 359 g/mol. The first kappa shape index (κ1) is 15.7. The quantitative estimate of drug-likeness (QED) is 0.587. The molecule has 7 nitrogen and oxygen atoms in total. The van der Waals surface area contributed by atoms with Crippen LogP contribution in [0.4, 0.5) is 0 Å². The van der Waals surface area contributed by atoms with E-state index >= 15 is 0 Å². The van der Waals surface area contributed by atoms with E-state index in [-0.39, 0.29) is 0 Å². The van der Waals surface area contributed by atoms with Gasteiger partial charge in [0.15, 0.2) is 5.65 Å². The van der Waals surface area contributed by atoms with E-state index in [1.54, 1.807) is 16.9 Å². The van der Waals surface area contributed by atoms with Gasteiger partial charge >= 0.3 is 5.69 Å². The molecule has 134 valence electrons. The molecule has 0 radical (unpaired) electrons. The molecular weight excluding hydrogens is 342 g/mol. The summed E-state index contributed by atoms with van der Waals surface area (Å²) in [6.07, 6.45) is 5.92. The second-order valence-electron chi connectivity index (χ2n) is 7.03. The van der Waals surface area contributed by atoms with Gasteiger partial charge < -0.3 is 4.98 Å². The van der Waals surface area contributed by atoms with E-state index in [1.807, 2.05) is 6.07 Å². The van der Waals surface area contributed by atoms with E-state index < -0.39 is 11.2 Å². The minimum atomic E-state index is -0.533. The minimum absolute atomic E-state index is 0.333. The SMILES string of the molecule is Cc1cccc([C@H]2C[C@@H]2c2cc(-c3c[nH]c(=O)[nH]c3=O)nn3ccnc23)c1. The zero-order valence-electron chi connectivity index (χ0n) is 14.6. The van der Waals surface area contributed by atoms with Gasteiger partial charge in [0.25, 0.3) is 5.56 Å². The van der Waals surface area contributed by atoms with Crippen LogP contribution < -0.4 is 11.2 Å². The van der Waals surface area contributed by atoms with Gasteiger partial charge in [0.05, 0.1) is 11.3 Å². The molecule has 0 bridgehead atoms. The van der Waals surface area contributed by atoms with E-state index in [2.05, 4.69) is 51.2 Å². The molecule has 27 heavy (non-hydrogen) atoms. The van der Waals surface area contributed by atoms with Crippen molar-refractivity contribution in [1.82, 2.24) is 24.6 Å². The number of hydrogen-bond donors (Lipinski definition) is 2. The van der Waals surface area contributed by atoms with Gasteiger partial charge in [0, 0.05) is 24.2 Å². The summed E-state index contributed by atoms with van der Waals surface area (Å²) in [4.78, 5) is 32.7. The first-order valence-corrected chi connectivity index (χ1v) is 8.83. The Bertz CT molecular complexity index is 1280. The third kappa shape index (κ3) is 2.68. The lowest BCUT2D eigenvalue weighted by Gasteiger charge is -2.07. The molecule has 2 atom stereocenters. The Balaban J connectivity index is 1.62. The number of rotatable bonds is 3. The molecule has 3 heterocycles. The molecule has 7 heteroatoms. The van der Waals surface area contributed by atoms with Crippen LogP contribution in [0.1, 0.15) is 34.9 Å². The van der Waals surface area contributed by atoms with Crippen molar-refractivity contribution >= 4 is 5.65 Å². The first-order chi connectivity index (χ1) is 13.1. The van der Waals surface area contributed by atoms with Crippen LogP contribution in [0.5, 0.6) is 0 Å². The van der Waals surface area contributed by atoms with Crippen molar-refractivity contribution in [2.45, 2.75) is 25.2 Å². The molecule has 5 rings (SSSR count). The molecule has 1 aromatic carbocycles. The van der Waals surface area contributed by atoms with Gasteiger partial charge in [-0.05, 0) is 36.8 Å². The third-order valence-electron chi connectivity index (χ3n) is 5.14. The number of benzene rings is 1. The Hall–Kier alpha value is -3.48. The predicted molar refractivity (Wildman–Crippen MR) is 101 cm³/mol. The second-order valence-corrected chi connectivity index (χ2v) is 7.03. The van der Waals surface area contributed by atoms with E-state index in [0.717, 1.165) is 17.6 Å². The molecule has 2 N–H and O–H groups in total. The lowest BCUT2D eigenvalue weighted by Crippen LogP contribution is -2.23. The zero-order chi connectivity index (χ0) is 18.5. The molecule has 1 fully saturated rings. The predicted octanol–water partition coefficient (Wildman–Crippen LogP) is 2.35. The standard InChI is InChI=1S/C20H17N5O2/c1-11-3-2-4-12(7-11)13-8-14(13)15-9-17(24-25-6-5-21-18(15)25)16-10-22-20(27)23-19(16)26/h2-7,9-10,13-14H,8H2,1H3,(H2,22,23,26,27)/t13-,14+/m1/s1. The number of hydrogen-bond acceptors (Lipinski definition) is 4. The molecular formula is C20H17N5O2. The highest BCUT2D eigenvalue weighted by Gasteiger charge is 2.41. The Kier molecular flexibility index (Phi) is 3.36. The minimum Gasteiger partial charge on any atom is -0.313 e. The number of nitrogens with zero attached hydrogens (tertiary/aromatic N) is 3. The smallest absolute Gasteiger partial charge is 0.313 e. The largest absolute Gasteiger partial charge is 0.325 e. The highest BCUT2D eigenvalue weighted by atomic mass is 16.2. The number of aryl methyl sites for hydroxylation is 1. The molecule has 0 aliphatic heterocycles. The Morgan fingerprint density at radius 3 is 2.89 bits per heavy atom. The van der Waals surface area contributed by atoms with Crippen molar-refractivity contribution in [2.75, 3.05) is 0 Å². The van der Waals surface area contributed by atoms with Crippen molar-refractivity contribution in [3.05, 3.63) is 86.5 Å². The van der Waals surface area contributed by atoms with E-state index in [9.17, 15) is 9.59 Å². The van der Waals surface area contributed by atoms with Crippen LogP contribution in [0.15, 0.2) is 58.5 Å². The Morgan fingerprint density at radius 1 is 1.19 bits per heavy atom.